The second-order valence-corrected chi connectivity index (χ2v) is 7.19. The van der Waals surface area contributed by atoms with Crippen molar-refractivity contribution in [1.82, 2.24) is 4.72 Å². The second kappa shape index (κ2) is 5.89. The quantitative estimate of drug-likeness (QED) is 0.891. The van der Waals surface area contributed by atoms with E-state index in [9.17, 15) is 13.0 Å². The maximum absolute atomic E-state index is 12.6. The summed E-state index contributed by atoms with van der Waals surface area (Å²) >= 11 is 0. The Bertz CT molecular complexity index is 429. The van der Waals surface area contributed by atoms with Gasteiger partial charge in [-0.25, -0.2) is 17.7 Å². The van der Waals surface area contributed by atoms with Crippen LogP contribution in [0.5, 0.6) is 0 Å². The van der Waals surface area contributed by atoms with Crippen LogP contribution in [0.3, 0.4) is 0 Å². The number of halogens is 2. The Hall–Kier alpha value is -0.810. The minimum atomic E-state index is -2.48. The minimum absolute atomic E-state index is 0.0114. The fourth-order valence-corrected chi connectivity index (χ4v) is 2.18. The van der Waals surface area contributed by atoms with Crippen LogP contribution in [0.1, 0.15) is 51.3 Å². The largest absolute Gasteiger partial charge is 0.263 e. The van der Waals surface area contributed by atoms with Crippen molar-refractivity contribution in [2.24, 2.45) is 0 Å². The molecule has 0 radical (unpaired) electrons. The van der Waals surface area contributed by atoms with Crippen molar-refractivity contribution >= 4 is 11.0 Å². The van der Waals surface area contributed by atoms with Gasteiger partial charge in [0.15, 0.2) is 0 Å². The minimum Gasteiger partial charge on any atom is -0.242 e. The van der Waals surface area contributed by atoms with E-state index >= 15 is 0 Å². The molecule has 18 heavy (non-hydrogen) atoms. The molecule has 0 aliphatic rings. The molecule has 0 amide bonds. The lowest BCUT2D eigenvalue weighted by molar-refractivity contribution is 0.151. The molecule has 0 bridgehead atoms. The Morgan fingerprint density at radius 3 is 2.28 bits per heavy atom. The zero-order valence-electron chi connectivity index (χ0n) is 11.0. The Morgan fingerprint density at radius 1 is 1.22 bits per heavy atom. The third-order valence-electron chi connectivity index (χ3n) is 2.50. The van der Waals surface area contributed by atoms with Crippen LogP contribution >= 0.6 is 0 Å². The molecule has 0 saturated carbocycles. The third-order valence-corrected chi connectivity index (χ3v) is 4.18. The van der Waals surface area contributed by atoms with Crippen molar-refractivity contribution < 1.29 is 13.0 Å². The van der Waals surface area contributed by atoms with Crippen LogP contribution in [0, 0.1) is 0 Å². The molecular weight excluding hydrogens is 256 g/mol. The highest BCUT2D eigenvalue weighted by Gasteiger charge is 2.22. The smallest absolute Gasteiger partial charge is 0.242 e. The molecule has 2 nitrogen and oxygen atoms in total. The Kier molecular flexibility index (Phi) is 4.99. The topological polar surface area (TPSA) is 29.1 Å². The van der Waals surface area contributed by atoms with E-state index in [0.29, 0.717) is 5.56 Å². The molecule has 0 fully saturated rings. The van der Waals surface area contributed by atoms with Gasteiger partial charge in [-0.1, -0.05) is 18.2 Å². The van der Waals surface area contributed by atoms with Crippen molar-refractivity contribution in [2.45, 2.75) is 44.9 Å². The van der Waals surface area contributed by atoms with E-state index in [1.807, 2.05) is 27.7 Å². The first-order chi connectivity index (χ1) is 8.21. The van der Waals surface area contributed by atoms with E-state index in [2.05, 4.69) is 4.72 Å². The average molecular weight is 275 g/mol. The summed E-state index contributed by atoms with van der Waals surface area (Å²) in [5.41, 5.74) is 0.702. The van der Waals surface area contributed by atoms with E-state index < -0.39 is 17.4 Å². The van der Waals surface area contributed by atoms with Gasteiger partial charge in [0.1, 0.15) is 0 Å². The summed E-state index contributed by atoms with van der Waals surface area (Å²) in [6.45, 7) is 7.39. The molecule has 0 aliphatic carbocycles. The fraction of sp³-hybridized carbons (Fsp3) is 0.538. The van der Waals surface area contributed by atoms with Crippen LogP contribution in [0.2, 0.25) is 0 Å². The van der Waals surface area contributed by atoms with Gasteiger partial charge in [-0.3, -0.25) is 0 Å². The maximum atomic E-state index is 12.6. The summed E-state index contributed by atoms with van der Waals surface area (Å²) < 4.78 is 39.6. The van der Waals surface area contributed by atoms with Gasteiger partial charge in [0, 0.05) is 11.6 Å². The molecule has 1 rings (SSSR count). The highest BCUT2D eigenvalue weighted by molar-refractivity contribution is 7.84. The molecular formula is C13H19F2NOS. The van der Waals surface area contributed by atoms with E-state index in [-0.39, 0.29) is 16.4 Å². The van der Waals surface area contributed by atoms with Gasteiger partial charge < -0.3 is 0 Å². The van der Waals surface area contributed by atoms with Crippen molar-refractivity contribution in [3.8, 4) is 0 Å². The molecule has 2 atom stereocenters. The van der Waals surface area contributed by atoms with Crippen LogP contribution in [0.4, 0.5) is 8.78 Å². The number of benzene rings is 1. The average Bonchev–Trinajstić information content (AvgIpc) is 2.27. The Morgan fingerprint density at radius 2 is 1.78 bits per heavy atom. The Labute approximate surface area is 109 Å². The lowest BCUT2D eigenvalue weighted by Gasteiger charge is -2.22. The summed E-state index contributed by atoms with van der Waals surface area (Å²) in [7, 11) is -1.22. The Balaban J connectivity index is 2.82. The van der Waals surface area contributed by atoms with Crippen LogP contribution in [0.15, 0.2) is 24.3 Å². The standard InChI is InChI=1S/C13H19F2NOS/c1-9(16-18(17)13(2,3)4)10-6-5-7-11(8-10)12(14)15/h5-9,12,16H,1-4H3/t9-,18?/m1/s1. The van der Waals surface area contributed by atoms with Crippen molar-refractivity contribution in [1.29, 1.82) is 0 Å². The van der Waals surface area contributed by atoms with E-state index in [1.165, 1.54) is 12.1 Å². The van der Waals surface area contributed by atoms with Crippen LogP contribution in [-0.4, -0.2) is 8.96 Å². The van der Waals surface area contributed by atoms with Crippen molar-refractivity contribution in [2.75, 3.05) is 0 Å². The zero-order valence-corrected chi connectivity index (χ0v) is 11.9. The molecule has 1 aromatic carbocycles. The zero-order chi connectivity index (χ0) is 13.9. The van der Waals surface area contributed by atoms with Gasteiger partial charge in [-0.15, -0.1) is 0 Å². The fourth-order valence-electron chi connectivity index (χ4n) is 1.37. The number of nitrogens with one attached hydrogen (secondary N) is 1. The summed E-state index contributed by atoms with van der Waals surface area (Å²) in [5.74, 6) is 0. The van der Waals surface area contributed by atoms with Gasteiger partial charge in [0.05, 0.1) is 15.7 Å². The molecule has 0 saturated heterocycles. The van der Waals surface area contributed by atoms with Gasteiger partial charge in [0.25, 0.3) is 6.43 Å². The van der Waals surface area contributed by atoms with Crippen LogP contribution in [-0.2, 0) is 11.0 Å². The van der Waals surface area contributed by atoms with Crippen LogP contribution < -0.4 is 4.72 Å². The van der Waals surface area contributed by atoms with Gasteiger partial charge in [0.2, 0.25) is 0 Å². The number of hydrogen-bond acceptors (Lipinski definition) is 1. The first-order valence-corrected chi connectivity index (χ1v) is 6.93. The number of hydrogen-bond donors (Lipinski definition) is 1. The van der Waals surface area contributed by atoms with Gasteiger partial charge in [-0.05, 0) is 39.3 Å². The molecule has 1 N–H and O–H groups in total. The second-order valence-electron chi connectivity index (χ2n) is 5.19. The molecule has 0 spiro atoms. The highest BCUT2D eigenvalue weighted by Crippen LogP contribution is 2.23. The monoisotopic (exact) mass is 275 g/mol. The lowest BCUT2D eigenvalue weighted by Crippen LogP contribution is -2.34. The van der Waals surface area contributed by atoms with Crippen LogP contribution in [0.25, 0.3) is 0 Å². The highest BCUT2D eigenvalue weighted by atomic mass is 32.2. The first-order valence-electron chi connectivity index (χ1n) is 5.78. The first kappa shape index (κ1) is 15.2. The van der Waals surface area contributed by atoms with E-state index in [0.717, 1.165) is 0 Å². The molecule has 0 aromatic heterocycles. The number of rotatable bonds is 4. The van der Waals surface area contributed by atoms with Crippen molar-refractivity contribution in [3.05, 3.63) is 35.4 Å². The molecule has 0 heterocycles. The molecule has 5 heteroatoms. The molecule has 1 unspecified atom stereocenters. The summed E-state index contributed by atoms with van der Waals surface area (Å²) in [6.07, 6.45) is -2.48. The van der Waals surface area contributed by atoms with E-state index in [1.54, 1.807) is 12.1 Å². The molecule has 102 valence electrons. The summed E-state index contributed by atoms with van der Waals surface area (Å²) in [5, 5.41) is 0. The summed E-state index contributed by atoms with van der Waals surface area (Å²) in [6, 6.07) is 5.95. The normalized spacial score (nSPS) is 15.7. The molecule has 1 aromatic rings. The lowest BCUT2D eigenvalue weighted by atomic mass is 10.1. The third kappa shape index (κ3) is 4.14. The SMILES string of the molecule is C[C@@H](NS(=O)C(C)(C)C)c1cccc(C(F)F)c1. The van der Waals surface area contributed by atoms with Gasteiger partial charge in [-0.2, -0.15) is 0 Å². The predicted octanol–water partition coefficient (Wildman–Crippen LogP) is 3.74. The maximum Gasteiger partial charge on any atom is 0.263 e. The predicted molar refractivity (Wildman–Crippen MR) is 70.8 cm³/mol. The van der Waals surface area contributed by atoms with Gasteiger partial charge >= 0.3 is 0 Å². The van der Waals surface area contributed by atoms with Crippen molar-refractivity contribution in [3.63, 3.8) is 0 Å². The molecule has 0 aliphatic heterocycles. The number of alkyl halides is 2. The van der Waals surface area contributed by atoms with E-state index in [4.69, 9.17) is 0 Å². The summed E-state index contributed by atoms with van der Waals surface area (Å²) in [4.78, 5) is 0.